The van der Waals surface area contributed by atoms with Gasteiger partial charge >= 0.3 is 6.18 Å². The largest absolute Gasteiger partial charge is 0.416 e. The average Bonchev–Trinajstić information content (AvgIpc) is 2.15. The van der Waals surface area contributed by atoms with E-state index in [4.69, 9.17) is 0 Å². The summed E-state index contributed by atoms with van der Waals surface area (Å²) < 4.78 is 37.4. The Morgan fingerprint density at radius 2 is 1.94 bits per heavy atom. The van der Waals surface area contributed by atoms with Crippen LogP contribution >= 0.6 is 11.8 Å². The summed E-state index contributed by atoms with van der Waals surface area (Å²) in [6.45, 7) is 9.35. The van der Waals surface area contributed by atoms with Crippen molar-refractivity contribution < 1.29 is 13.2 Å². The van der Waals surface area contributed by atoms with Crippen molar-refractivity contribution in [3.05, 3.63) is 58.4 Å². The van der Waals surface area contributed by atoms with Crippen molar-refractivity contribution in [2.75, 3.05) is 0 Å². The Bertz CT molecular complexity index is 433. The minimum Gasteiger partial charge on any atom is -0.166 e. The number of rotatable bonds is 4. The van der Waals surface area contributed by atoms with Crippen molar-refractivity contribution >= 4 is 11.8 Å². The molecule has 1 aromatic carbocycles. The molecule has 0 aliphatic rings. The number of alkyl halides is 3. The molecule has 0 atom stereocenters. The van der Waals surface area contributed by atoms with Crippen LogP contribution in [0.25, 0.3) is 0 Å². The van der Waals surface area contributed by atoms with Crippen LogP contribution in [-0.2, 0) is 12.6 Å². The van der Waals surface area contributed by atoms with Gasteiger partial charge in [0.25, 0.3) is 0 Å². The average molecular weight is 258 g/mol. The van der Waals surface area contributed by atoms with Crippen molar-refractivity contribution in [1.82, 2.24) is 0 Å². The zero-order chi connectivity index (χ0) is 13.1. The smallest absolute Gasteiger partial charge is 0.166 e. The van der Waals surface area contributed by atoms with E-state index in [0.29, 0.717) is 12.0 Å². The Morgan fingerprint density at radius 1 is 1.29 bits per heavy atom. The van der Waals surface area contributed by atoms with Gasteiger partial charge in [0.05, 0.1) is 5.56 Å². The van der Waals surface area contributed by atoms with E-state index in [0.717, 1.165) is 21.9 Å². The monoisotopic (exact) mass is 258 g/mol. The maximum absolute atomic E-state index is 12.5. The van der Waals surface area contributed by atoms with E-state index in [1.165, 1.54) is 17.8 Å². The van der Waals surface area contributed by atoms with Crippen molar-refractivity contribution in [3.63, 3.8) is 0 Å². The normalized spacial score (nSPS) is 11.3. The second-order valence-electron chi connectivity index (χ2n) is 3.72. The number of hydrogen-bond donors (Lipinski definition) is 0. The molecule has 0 aliphatic heterocycles. The number of hydrogen-bond acceptors (Lipinski definition) is 1. The van der Waals surface area contributed by atoms with Crippen LogP contribution in [-0.4, -0.2) is 0 Å². The second kappa shape index (κ2) is 5.45. The summed E-state index contributed by atoms with van der Waals surface area (Å²) in [4.78, 5) is 1.67. The van der Waals surface area contributed by atoms with Gasteiger partial charge in [-0.2, -0.15) is 13.2 Å². The zero-order valence-electron chi connectivity index (χ0n) is 9.47. The van der Waals surface area contributed by atoms with E-state index in [9.17, 15) is 13.2 Å². The predicted molar refractivity (Wildman–Crippen MR) is 66.7 cm³/mol. The molecule has 0 fully saturated rings. The molecule has 0 spiro atoms. The van der Waals surface area contributed by atoms with Crippen LogP contribution < -0.4 is 0 Å². The fraction of sp³-hybridized carbons (Fsp3) is 0.231. The Balaban J connectivity index is 2.79. The zero-order valence-corrected chi connectivity index (χ0v) is 10.3. The topological polar surface area (TPSA) is 0 Å². The van der Waals surface area contributed by atoms with Gasteiger partial charge in [0.15, 0.2) is 0 Å². The van der Waals surface area contributed by atoms with Crippen LogP contribution in [0.4, 0.5) is 13.2 Å². The maximum atomic E-state index is 12.5. The molecule has 0 N–H and O–H groups in total. The summed E-state index contributed by atoms with van der Waals surface area (Å²) in [5, 5.41) is 0. The van der Waals surface area contributed by atoms with E-state index in [1.807, 2.05) is 6.92 Å². The molecule has 1 aromatic rings. The second-order valence-corrected chi connectivity index (χ2v) is 5.20. The summed E-state index contributed by atoms with van der Waals surface area (Å²) in [6, 6.07) is 5.30. The highest BCUT2D eigenvalue weighted by Gasteiger charge is 2.30. The van der Waals surface area contributed by atoms with Crippen LogP contribution in [0.15, 0.2) is 47.2 Å². The molecular weight excluding hydrogens is 245 g/mol. The molecule has 0 aliphatic carbocycles. The third kappa shape index (κ3) is 4.69. The molecule has 0 amide bonds. The highest BCUT2D eigenvalue weighted by molar-refractivity contribution is 8.06. The van der Waals surface area contributed by atoms with Gasteiger partial charge in [-0.3, -0.25) is 0 Å². The molecule has 0 saturated carbocycles. The van der Waals surface area contributed by atoms with Crippen LogP contribution in [0.2, 0.25) is 0 Å². The lowest BCUT2D eigenvalue weighted by molar-refractivity contribution is -0.137. The molecule has 4 heteroatoms. The minimum atomic E-state index is -4.29. The Morgan fingerprint density at radius 3 is 2.47 bits per heavy atom. The van der Waals surface area contributed by atoms with Crippen LogP contribution in [0, 0.1) is 0 Å². The Labute approximate surface area is 103 Å². The predicted octanol–water partition coefficient (Wildman–Crippen LogP) is 5.03. The van der Waals surface area contributed by atoms with E-state index in [2.05, 4.69) is 13.2 Å². The SMILES string of the molecule is C=C(C)SC(=C)Cc1cccc(C(F)(F)F)c1. The lowest BCUT2D eigenvalue weighted by atomic mass is 10.1. The van der Waals surface area contributed by atoms with Crippen molar-refractivity contribution in [1.29, 1.82) is 0 Å². The molecule has 0 unspecified atom stereocenters. The van der Waals surface area contributed by atoms with Gasteiger partial charge in [0.1, 0.15) is 0 Å². The van der Waals surface area contributed by atoms with Crippen molar-refractivity contribution in [2.45, 2.75) is 19.5 Å². The minimum absolute atomic E-state index is 0.418. The van der Waals surface area contributed by atoms with E-state index in [1.54, 1.807) is 6.07 Å². The van der Waals surface area contributed by atoms with Gasteiger partial charge in [0.2, 0.25) is 0 Å². The van der Waals surface area contributed by atoms with Crippen molar-refractivity contribution in [3.8, 4) is 0 Å². The number of benzene rings is 1. The lowest BCUT2D eigenvalue weighted by Crippen LogP contribution is -2.05. The van der Waals surface area contributed by atoms with E-state index >= 15 is 0 Å². The number of halogens is 3. The Kier molecular flexibility index (Phi) is 4.46. The molecule has 17 heavy (non-hydrogen) atoms. The first-order valence-corrected chi connectivity index (χ1v) is 5.78. The van der Waals surface area contributed by atoms with Gasteiger partial charge in [0, 0.05) is 6.42 Å². The van der Waals surface area contributed by atoms with Gasteiger partial charge < -0.3 is 0 Å². The summed E-state index contributed by atoms with van der Waals surface area (Å²) in [7, 11) is 0. The number of thioether (sulfide) groups is 1. The lowest BCUT2D eigenvalue weighted by Gasteiger charge is -2.09. The fourth-order valence-corrected chi connectivity index (χ4v) is 2.10. The van der Waals surface area contributed by atoms with Gasteiger partial charge in [-0.05, 0) is 28.4 Å². The molecule has 0 bridgehead atoms. The van der Waals surface area contributed by atoms with Crippen LogP contribution in [0.3, 0.4) is 0 Å². The summed E-state index contributed by atoms with van der Waals surface area (Å²) in [6.07, 6.45) is -3.87. The molecular formula is C13H13F3S. The first-order chi connectivity index (χ1) is 7.79. The first kappa shape index (κ1) is 13.9. The quantitative estimate of drug-likeness (QED) is 0.730. The highest BCUT2D eigenvalue weighted by atomic mass is 32.2. The third-order valence-corrected chi connectivity index (χ3v) is 2.76. The van der Waals surface area contributed by atoms with Crippen LogP contribution in [0.1, 0.15) is 18.1 Å². The van der Waals surface area contributed by atoms with Gasteiger partial charge in [-0.15, -0.1) is 11.8 Å². The maximum Gasteiger partial charge on any atom is 0.416 e. The third-order valence-electron chi connectivity index (χ3n) is 1.97. The van der Waals surface area contributed by atoms with Crippen LogP contribution in [0.5, 0.6) is 0 Å². The molecule has 0 heterocycles. The fourth-order valence-electron chi connectivity index (χ4n) is 1.37. The summed E-state index contributed by atoms with van der Waals surface area (Å²) in [5.74, 6) is 0. The molecule has 92 valence electrons. The van der Waals surface area contributed by atoms with Gasteiger partial charge in [-0.25, -0.2) is 0 Å². The first-order valence-electron chi connectivity index (χ1n) is 4.96. The highest BCUT2D eigenvalue weighted by Crippen LogP contribution is 2.31. The van der Waals surface area contributed by atoms with Gasteiger partial charge in [-0.1, -0.05) is 31.4 Å². The summed E-state index contributed by atoms with van der Waals surface area (Å²) >= 11 is 1.39. The summed E-state index contributed by atoms with van der Waals surface area (Å²) in [5.41, 5.74) is -0.0123. The molecule has 0 nitrogen and oxygen atoms in total. The number of allylic oxidation sites excluding steroid dienone is 2. The van der Waals surface area contributed by atoms with E-state index < -0.39 is 11.7 Å². The molecule has 0 saturated heterocycles. The molecule has 1 rings (SSSR count). The molecule has 0 radical (unpaired) electrons. The van der Waals surface area contributed by atoms with Crippen molar-refractivity contribution in [2.24, 2.45) is 0 Å². The standard InChI is InChI=1S/C13H13F3S/c1-9(2)17-10(3)7-11-5-4-6-12(8-11)13(14,15)16/h4-6,8H,1,3,7H2,2H3. The van der Waals surface area contributed by atoms with E-state index in [-0.39, 0.29) is 0 Å². The Hall–Kier alpha value is -1.16. The molecule has 0 aromatic heterocycles.